The summed E-state index contributed by atoms with van der Waals surface area (Å²) in [5.41, 5.74) is 11.3. The highest BCUT2D eigenvalue weighted by Crippen LogP contribution is 2.25. The molecule has 0 aromatic heterocycles. The number of hydrogen-bond acceptors (Lipinski definition) is 5. The average Bonchev–Trinajstić information content (AvgIpc) is 3.17. The number of nitrogens with zero attached hydrogens (tertiary/aromatic N) is 1. The first kappa shape index (κ1) is 38.6. The van der Waals surface area contributed by atoms with Crippen molar-refractivity contribution >= 4 is 6.29 Å². The van der Waals surface area contributed by atoms with Crippen molar-refractivity contribution in [1.29, 1.82) is 0 Å². The van der Waals surface area contributed by atoms with Gasteiger partial charge in [0.2, 0.25) is 0 Å². The number of aliphatic hydroxyl groups is 2. The molecular formula is C46H50N2O3. The number of aliphatic hydroxyl groups excluding tert-OH is 2. The normalized spacial score (nSPS) is 11.7. The first-order valence-electron chi connectivity index (χ1n) is 17.3. The summed E-state index contributed by atoms with van der Waals surface area (Å²) in [6.07, 6.45) is 0.0142. The van der Waals surface area contributed by atoms with Crippen molar-refractivity contribution in [2.24, 2.45) is 0 Å². The van der Waals surface area contributed by atoms with E-state index in [0.29, 0.717) is 18.7 Å². The summed E-state index contributed by atoms with van der Waals surface area (Å²) in [6, 6.07) is 52.5. The molecule has 0 saturated carbocycles. The molecule has 0 heterocycles. The quantitative estimate of drug-likeness (QED) is 0.119. The number of carbonyl (C=O) groups excluding carboxylic acids is 1. The molecule has 0 bridgehead atoms. The Hall–Kier alpha value is -5.17. The van der Waals surface area contributed by atoms with Gasteiger partial charge in [0.25, 0.3) is 0 Å². The summed E-state index contributed by atoms with van der Waals surface area (Å²) >= 11 is 0. The van der Waals surface area contributed by atoms with E-state index in [2.05, 4.69) is 84.7 Å². The van der Waals surface area contributed by atoms with Gasteiger partial charge in [0.05, 0.1) is 12.2 Å². The van der Waals surface area contributed by atoms with E-state index in [1.165, 1.54) is 33.4 Å². The van der Waals surface area contributed by atoms with E-state index >= 15 is 0 Å². The van der Waals surface area contributed by atoms with Crippen LogP contribution in [0.3, 0.4) is 0 Å². The number of carbonyl (C=O) groups is 1. The summed E-state index contributed by atoms with van der Waals surface area (Å²) in [6.45, 7) is 6.26. The minimum atomic E-state index is -0.461. The highest BCUT2D eigenvalue weighted by molar-refractivity contribution is 5.77. The Morgan fingerprint density at radius 2 is 1.02 bits per heavy atom. The van der Waals surface area contributed by atoms with Crippen LogP contribution in [0.25, 0.3) is 22.3 Å². The molecule has 2 atom stereocenters. The van der Waals surface area contributed by atoms with Gasteiger partial charge >= 0.3 is 0 Å². The highest BCUT2D eigenvalue weighted by atomic mass is 16.3. The highest BCUT2D eigenvalue weighted by Gasteiger charge is 2.11. The molecule has 0 radical (unpaired) electrons. The molecule has 0 saturated heterocycles. The second-order valence-corrected chi connectivity index (χ2v) is 12.7. The Morgan fingerprint density at radius 3 is 1.47 bits per heavy atom. The van der Waals surface area contributed by atoms with Gasteiger partial charge in [-0.15, -0.1) is 0 Å². The number of aryl methyl sites for hydroxylation is 2. The van der Waals surface area contributed by atoms with E-state index in [1.807, 2.05) is 111 Å². The number of aldehydes is 1. The topological polar surface area (TPSA) is 72.8 Å². The zero-order valence-electron chi connectivity index (χ0n) is 30.1. The molecule has 2 unspecified atom stereocenters. The van der Waals surface area contributed by atoms with Crippen molar-refractivity contribution in [2.75, 3.05) is 27.2 Å². The van der Waals surface area contributed by atoms with E-state index in [9.17, 15) is 15.0 Å². The largest absolute Gasteiger partial charge is 0.387 e. The molecule has 0 aliphatic carbocycles. The van der Waals surface area contributed by atoms with E-state index < -0.39 is 6.10 Å². The van der Waals surface area contributed by atoms with Gasteiger partial charge in [0, 0.05) is 25.2 Å². The molecule has 3 N–H and O–H groups in total. The van der Waals surface area contributed by atoms with Crippen LogP contribution >= 0.6 is 0 Å². The summed E-state index contributed by atoms with van der Waals surface area (Å²) in [5, 5.41) is 22.7. The van der Waals surface area contributed by atoms with Crippen LogP contribution in [-0.4, -0.2) is 48.6 Å². The smallest absolute Gasteiger partial charge is 0.150 e. The van der Waals surface area contributed by atoms with Gasteiger partial charge in [-0.1, -0.05) is 158 Å². The summed E-state index contributed by atoms with van der Waals surface area (Å²) in [7, 11) is 3.87. The van der Waals surface area contributed by atoms with Gasteiger partial charge in [0.15, 0.2) is 0 Å². The van der Waals surface area contributed by atoms with Crippen LogP contribution in [0, 0.1) is 13.8 Å². The average molecular weight is 679 g/mol. The van der Waals surface area contributed by atoms with Crippen molar-refractivity contribution in [3.8, 4) is 22.3 Å². The maximum atomic E-state index is 10.5. The van der Waals surface area contributed by atoms with Gasteiger partial charge < -0.3 is 15.5 Å². The zero-order valence-corrected chi connectivity index (χ0v) is 30.1. The van der Waals surface area contributed by atoms with Crippen LogP contribution in [0.2, 0.25) is 0 Å². The summed E-state index contributed by atoms with van der Waals surface area (Å²) in [5.74, 6) is 0. The Morgan fingerprint density at radius 1 is 0.588 bits per heavy atom. The van der Waals surface area contributed by atoms with Crippen molar-refractivity contribution in [1.82, 2.24) is 10.2 Å². The monoisotopic (exact) mass is 678 g/mol. The van der Waals surface area contributed by atoms with Crippen molar-refractivity contribution in [3.63, 3.8) is 0 Å². The molecule has 6 aromatic rings. The maximum absolute atomic E-state index is 10.5. The van der Waals surface area contributed by atoms with E-state index in [0.717, 1.165) is 29.5 Å². The van der Waals surface area contributed by atoms with E-state index in [4.69, 9.17) is 0 Å². The number of likely N-dealkylation sites (N-methyl/N-ethyl adjacent to an activating group) is 2. The van der Waals surface area contributed by atoms with Crippen LogP contribution in [-0.2, 0) is 6.54 Å². The van der Waals surface area contributed by atoms with Crippen LogP contribution in [0.5, 0.6) is 0 Å². The molecule has 0 fully saturated rings. The van der Waals surface area contributed by atoms with Gasteiger partial charge in [-0.25, -0.2) is 0 Å². The molecule has 0 spiro atoms. The fraction of sp³-hybridized carbons (Fsp3) is 0.196. The maximum Gasteiger partial charge on any atom is 0.150 e. The molecular weight excluding hydrogens is 629 g/mol. The van der Waals surface area contributed by atoms with Gasteiger partial charge in [-0.05, 0) is 78.0 Å². The molecule has 0 amide bonds. The zero-order chi connectivity index (χ0) is 36.4. The summed E-state index contributed by atoms with van der Waals surface area (Å²) in [4.78, 5) is 12.7. The predicted octanol–water partition coefficient (Wildman–Crippen LogP) is 9.24. The lowest BCUT2D eigenvalue weighted by Gasteiger charge is -2.21. The number of hydrogen-bond donors (Lipinski definition) is 3. The fourth-order valence-corrected chi connectivity index (χ4v) is 5.76. The van der Waals surface area contributed by atoms with Crippen molar-refractivity contribution in [2.45, 2.75) is 32.6 Å². The minimum absolute atomic E-state index is 0.388. The van der Waals surface area contributed by atoms with Gasteiger partial charge in [-0.3, -0.25) is 9.69 Å². The first-order chi connectivity index (χ1) is 24.8. The second kappa shape index (κ2) is 20.5. The molecule has 5 heteroatoms. The standard InChI is InChI=1S/C23H25NO.C14H12O.C9H13NO/c1-18-8-6-7-11-22(18)20-14-12-19(13-15-20)16-24(2)17-23(25)21-9-4-3-5-10-21;1-11-4-2-3-5-14(11)13-8-6-12(10-15)7-9-13;1-10-7-9(11)8-5-3-2-4-6-8/h3-15,23,25H,16-17H2,1-2H3;2-10H,1H3;2-6,9-11H,7H2,1H3. The molecule has 6 rings (SSSR count). The van der Waals surface area contributed by atoms with E-state index in [1.54, 1.807) is 0 Å². The van der Waals surface area contributed by atoms with Gasteiger partial charge in [0.1, 0.15) is 6.29 Å². The molecule has 0 aliphatic heterocycles. The van der Waals surface area contributed by atoms with Crippen LogP contribution < -0.4 is 5.32 Å². The lowest BCUT2D eigenvalue weighted by atomic mass is 9.99. The molecule has 262 valence electrons. The van der Waals surface area contributed by atoms with E-state index in [-0.39, 0.29) is 6.10 Å². The number of benzene rings is 6. The third kappa shape index (κ3) is 12.3. The summed E-state index contributed by atoms with van der Waals surface area (Å²) < 4.78 is 0. The fourth-order valence-electron chi connectivity index (χ4n) is 5.76. The predicted molar refractivity (Wildman–Crippen MR) is 212 cm³/mol. The number of nitrogens with one attached hydrogen (secondary N) is 1. The van der Waals surface area contributed by atoms with Crippen LogP contribution in [0.4, 0.5) is 0 Å². The molecule has 51 heavy (non-hydrogen) atoms. The third-order valence-electron chi connectivity index (χ3n) is 8.62. The van der Waals surface area contributed by atoms with Crippen molar-refractivity contribution in [3.05, 3.63) is 191 Å². The van der Waals surface area contributed by atoms with Crippen LogP contribution in [0.15, 0.2) is 158 Å². The minimum Gasteiger partial charge on any atom is -0.387 e. The first-order valence-corrected chi connectivity index (χ1v) is 17.3. The molecule has 5 nitrogen and oxygen atoms in total. The van der Waals surface area contributed by atoms with Crippen molar-refractivity contribution < 1.29 is 15.0 Å². The van der Waals surface area contributed by atoms with Gasteiger partial charge in [-0.2, -0.15) is 0 Å². The Bertz CT molecular complexity index is 1880. The van der Waals surface area contributed by atoms with Crippen LogP contribution in [0.1, 0.15) is 50.4 Å². The Balaban J connectivity index is 0.000000190. The Kier molecular flexibility index (Phi) is 15.5. The molecule has 0 aliphatic rings. The Labute approximate surface area is 303 Å². The second-order valence-electron chi connectivity index (χ2n) is 12.7. The number of rotatable bonds is 11. The SMILES string of the molecule is CNCC(O)c1ccccc1.Cc1ccccc1-c1ccc(C=O)cc1.Cc1ccccc1-c1ccc(CN(C)CC(O)c2ccccc2)cc1. The lowest BCUT2D eigenvalue weighted by molar-refractivity contribution is 0.112. The lowest BCUT2D eigenvalue weighted by Crippen LogP contribution is -2.24. The molecule has 6 aromatic carbocycles. The third-order valence-corrected chi connectivity index (χ3v) is 8.62.